The number of aromatic nitrogens is 2. The standard InChI is InChI=1S/C16H18N4O/c1-9-6-12(15(18-2)16(17)19-9)14-8-10-7-11(21-3)4-5-13(10)20-14/h4-8,18,20H,1-3H3,(H2,17,19). The van der Waals surface area contributed by atoms with Crippen LogP contribution in [0.15, 0.2) is 30.3 Å². The molecule has 0 amide bonds. The number of hydrogen-bond acceptors (Lipinski definition) is 4. The smallest absolute Gasteiger partial charge is 0.147 e. The molecule has 0 atom stereocenters. The summed E-state index contributed by atoms with van der Waals surface area (Å²) in [4.78, 5) is 7.71. The fraction of sp³-hybridized carbons (Fsp3) is 0.188. The van der Waals surface area contributed by atoms with Gasteiger partial charge in [-0.05, 0) is 37.3 Å². The van der Waals surface area contributed by atoms with Crippen LogP contribution < -0.4 is 15.8 Å². The molecule has 0 aliphatic heterocycles. The maximum Gasteiger partial charge on any atom is 0.147 e. The third kappa shape index (κ3) is 2.27. The number of H-pyrrole nitrogens is 1. The molecule has 5 nitrogen and oxygen atoms in total. The predicted molar refractivity (Wildman–Crippen MR) is 86.8 cm³/mol. The average molecular weight is 282 g/mol. The molecule has 21 heavy (non-hydrogen) atoms. The van der Waals surface area contributed by atoms with Crippen LogP contribution in [0, 0.1) is 6.92 Å². The van der Waals surface area contributed by atoms with Gasteiger partial charge in [0.25, 0.3) is 0 Å². The number of pyridine rings is 1. The number of rotatable bonds is 3. The van der Waals surface area contributed by atoms with Crippen molar-refractivity contribution in [2.24, 2.45) is 0 Å². The molecule has 0 saturated carbocycles. The van der Waals surface area contributed by atoms with Crippen molar-refractivity contribution in [3.8, 4) is 17.0 Å². The van der Waals surface area contributed by atoms with E-state index in [2.05, 4.69) is 21.4 Å². The normalized spacial score (nSPS) is 10.8. The summed E-state index contributed by atoms with van der Waals surface area (Å²) in [5.41, 5.74) is 10.8. The number of aromatic amines is 1. The number of anilines is 2. The fourth-order valence-electron chi connectivity index (χ4n) is 2.56. The molecule has 0 aliphatic carbocycles. The number of nitrogen functional groups attached to an aromatic ring is 1. The summed E-state index contributed by atoms with van der Waals surface area (Å²) in [7, 11) is 3.51. The van der Waals surface area contributed by atoms with Crippen molar-refractivity contribution >= 4 is 22.4 Å². The maximum absolute atomic E-state index is 6.00. The molecule has 3 aromatic rings. The molecule has 0 aliphatic rings. The first kappa shape index (κ1) is 13.3. The zero-order valence-electron chi connectivity index (χ0n) is 12.3. The van der Waals surface area contributed by atoms with Gasteiger partial charge in [-0.3, -0.25) is 0 Å². The van der Waals surface area contributed by atoms with Crippen molar-refractivity contribution < 1.29 is 4.74 Å². The summed E-state index contributed by atoms with van der Waals surface area (Å²) in [5.74, 6) is 1.34. The zero-order chi connectivity index (χ0) is 15.0. The SMILES string of the molecule is CNc1c(-c2cc3cc(OC)ccc3[nH]2)cc(C)nc1N. The molecule has 0 saturated heterocycles. The van der Waals surface area contributed by atoms with Gasteiger partial charge in [0.05, 0.1) is 12.8 Å². The molecule has 0 radical (unpaired) electrons. The van der Waals surface area contributed by atoms with Crippen LogP contribution in [-0.4, -0.2) is 24.1 Å². The van der Waals surface area contributed by atoms with Crippen molar-refractivity contribution in [1.82, 2.24) is 9.97 Å². The Morgan fingerprint density at radius 3 is 2.76 bits per heavy atom. The van der Waals surface area contributed by atoms with Crippen LogP contribution in [0.4, 0.5) is 11.5 Å². The molecule has 0 fully saturated rings. The van der Waals surface area contributed by atoms with Gasteiger partial charge in [0, 0.05) is 34.9 Å². The molecule has 0 bridgehead atoms. The van der Waals surface area contributed by atoms with E-state index >= 15 is 0 Å². The van der Waals surface area contributed by atoms with Crippen LogP contribution in [0.1, 0.15) is 5.69 Å². The topological polar surface area (TPSA) is 76.0 Å². The predicted octanol–water partition coefficient (Wildman–Crippen LogP) is 3.17. The number of fused-ring (bicyclic) bond motifs is 1. The summed E-state index contributed by atoms with van der Waals surface area (Å²) >= 11 is 0. The van der Waals surface area contributed by atoms with Crippen LogP contribution in [0.25, 0.3) is 22.2 Å². The second-order valence-corrected chi connectivity index (χ2v) is 4.96. The number of benzene rings is 1. The van der Waals surface area contributed by atoms with Crippen molar-refractivity contribution in [2.45, 2.75) is 6.92 Å². The lowest BCUT2D eigenvalue weighted by Crippen LogP contribution is -2.02. The Balaban J connectivity index is 2.20. The van der Waals surface area contributed by atoms with Gasteiger partial charge in [0.15, 0.2) is 0 Å². The molecular weight excluding hydrogens is 264 g/mol. The summed E-state index contributed by atoms with van der Waals surface area (Å²) in [6.45, 7) is 1.94. The third-order valence-electron chi connectivity index (χ3n) is 3.54. The van der Waals surface area contributed by atoms with Gasteiger partial charge >= 0.3 is 0 Å². The summed E-state index contributed by atoms with van der Waals surface area (Å²) in [5, 5.41) is 4.22. The first-order valence-electron chi connectivity index (χ1n) is 6.74. The summed E-state index contributed by atoms with van der Waals surface area (Å²) in [6.07, 6.45) is 0. The van der Waals surface area contributed by atoms with Crippen LogP contribution in [-0.2, 0) is 0 Å². The Bertz CT molecular complexity index is 807. The highest BCUT2D eigenvalue weighted by atomic mass is 16.5. The van der Waals surface area contributed by atoms with Gasteiger partial charge in [0.1, 0.15) is 11.6 Å². The zero-order valence-corrected chi connectivity index (χ0v) is 12.3. The molecule has 4 N–H and O–H groups in total. The summed E-state index contributed by atoms with van der Waals surface area (Å²) < 4.78 is 5.26. The molecule has 3 rings (SSSR count). The monoisotopic (exact) mass is 282 g/mol. The number of nitrogens with one attached hydrogen (secondary N) is 2. The molecular formula is C16H18N4O. The molecule has 5 heteroatoms. The number of methoxy groups -OCH3 is 1. The van der Waals surface area contributed by atoms with E-state index in [9.17, 15) is 0 Å². The van der Waals surface area contributed by atoms with Gasteiger partial charge in [-0.15, -0.1) is 0 Å². The second kappa shape index (κ2) is 5.01. The van der Waals surface area contributed by atoms with Gasteiger partial charge in [-0.1, -0.05) is 0 Å². The van der Waals surface area contributed by atoms with E-state index in [-0.39, 0.29) is 0 Å². The largest absolute Gasteiger partial charge is 0.497 e. The van der Waals surface area contributed by atoms with Crippen molar-refractivity contribution in [2.75, 3.05) is 25.2 Å². The lowest BCUT2D eigenvalue weighted by atomic mass is 10.1. The molecule has 0 spiro atoms. The van der Waals surface area contributed by atoms with E-state index in [1.165, 1.54) is 0 Å². The Kier molecular flexibility index (Phi) is 3.17. The van der Waals surface area contributed by atoms with E-state index in [4.69, 9.17) is 10.5 Å². The minimum atomic E-state index is 0.503. The Morgan fingerprint density at radius 1 is 1.24 bits per heavy atom. The Morgan fingerprint density at radius 2 is 2.05 bits per heavy atom. The number of nitrogens with two attached hydrogens (primary N) is 1. The van der Waals surface area contributed by atoms with Crippen molar-refractivity contribution in [1.29, 1.82) is 0 Å². The van der Waals surface area contributed by atoms with E-state index in [0.717, 1.165) is 39.3 Å². The van der Waals surface area contributed by atoms with E-state index < -0.39 is 0 Å². The average Bonchev–Trinajstić information content (AvgIpc) is 2.89. The molecule has 2 heterocycles. The number of ether oxygens (including phenoxy) is 1. The van der Waals surface area contributed by atoms with E-state index in [1.54, 1.807) is 7.11 Å². The van der Waals surface area contributed by atoms with Crippen LogP contribution in [0.2, 0.25) is 0 Å². The van der Waals surface area contributed by atoms with Crippen LogP contribution >= 0.6 is 0 Å². The minimum Gasteiger partial charge on any atom is -0.497 e. The second-order valence-electron chi connectivity index (χ2n) is 4.96. The first-order valence-corrected chi connectivity index (χ1v) is 6.74. The van der Waals surface area contributed by atoms with Crippen LogP contribution in [0.5, 0.6) is 5.75 Å². The highest BCUT2D eigenvalue weighted by molar-refractivity contribution is 5.91. The van der Waals surface area contributed by atoms with Gasteiger partial charge < -0.3 is 20.8 Å². The molecule has 0 unspecified atom stereocenters. The molecule has 1 aromatic carbocycles. The quantitative estimate of drug-likeness (QED) is 0.689. The lowest BCUT2D eigenvalue weighted by Gasteiger charge is -2.11. The van der Waals surface area contributed by atoms with Gasteiger partial charge in [-0.25, -0.2) is 4.98 Å². The van der Waals surface area contributed by atoms with Crippen molar-refractivity contribution in [3.63, 3.8) is 0 Å². The number of aryl methyl sites for hydroxylation is 1. The van der Waals surface area contributed by atoms with E-state index in [0.29, 0.717) is 5.82 Å². The Hall–Kier alpha value is -2.69. The highest BCUT2D eigenvalue weighted by Gasteiger charge is 2.12. The maximum atomic E-state index is 6.00. The highest BCUT2D eigenvalue weighted by Crippen LogP contribution is 2.34. The third-order valence-corrected chi connectivity index (χ3v) is 3.54. The fourth-order valence-corrected chi connectivity index (χ4v) is 2.56. The Labute approximate surface area is 123 Å². The van der Waals surface area contributed by atoms with Gasteiger partial charge in [0.2, 0.25) is 0 Å². The van der Waals surface area contributed by atoms with E-state index in [1.807, 2.05) is 38.2 Å². The molecule has 108 valence electrons. The lowest BCUT2D eigenvalue weighted by molar-refractivity contribution is 0.415. The van der Waals surface area contributed by atoms with Crippen molar-refractivity contribution in [3.05, 3.63) is 36.0 Å². The van der Waals surface area contributed by atoms with Gasteiger partial charge in [-0.2, -0.15) is 0 Å². The number of hydrogen-bond donors (Lipinski definition) is 3. The molecule has 2 aromatic heterocycles. The summed E-state index contributed by atoms with van der Waals surface area (Å²) in [6, 6.07) is 10.1. The minimum absolute atomic E-state index is 0.503. The first-order chi connectivity index (χ1) is 10.1. The number of nitrogens with zero attached hydrogens (tertiary/aromatic N) is 1. The van der Waals surface area contributed by atoms with Crippen LogP contribution in [0.3, 0.4) is 0 Å².